The van der Waals surface area contributed by atoms with Gasteiger partial charge in [0.1, 0.15) is 36.0 Å². The average Bonchev–Trinajstić information content (AvgIpc) is 3.80. The van der Waals surface area contributed by atoms with Crippen molar-refractivity contribution in [1.29, 1.82) is 0 Å². The summed E-state index contributed by atoms with van der Waals surface area (Å²) in [6, 6.07) is -0.780. The molecule has 19 N–H and O–H groups in total. The first kappa shape index (κ1) is 73.2. The van der Waals surface area contributed by atoms with Crippen molar-refractivity contribution in [1.82, 2.24) is 26.2 Å². The van der Waals surface area contributed by atoms with Crippen molar-refractivity contribution in [3.63, 3.8) is 0 Å². The number of nitrogens with two attached hydrogens (primary N) is 5. The maximum Gasteiger partial charge on any atom is 0.490 e. The van der Waals surface area contributed by atoms with E-state index in [1.165, 1.54) is 17.0 Å². The summed E-state index contributed by atoms with van der Waals surface area (Å²) >= 11 is 0. The molecular weight excluding hydrogens is 1090 g/mol. The summed E-state index contributed by atoms with van der Waals surface area (Å²) < 4.78 is 95.2. The third kappa shape index (κ3) is 31.2. The van der Waals surface area contributed by atoms with Crippen molar-refractivity contribution in [3.05, 3.63) is 29.8 Å². The lowest BCUT2D eigenvalue weighted by atomic mass is 9.85. The number of halogens is 9. The Labute approximate surface area is 445 Å². The van der Waals surface area contributed by atoms with E-state index in [1.54, 1.807) is 32.9 Å². The van der Waals surface area contributed by atoms with Gasteiger partial charge in [-0.1, -0.05) is 46.8 Å². The van der Waals surface area contributed by atoms with E-state index in [9.17, 15) is 78.5 Å². The Hall–Kier alpha value is -7.88. The lowest BCUT2D eigenvalue weighted by molar-refractivity contribution is -0.193. The molecule has 79 heavy (non-hydrogen) atoms. The van der Waals surface area contributed by atoms with E-state index < -0.39 is 114 Å². The number of aliphatic carboxylic acids is 4. The van der Waals surface area contributed by atoms with Crippen LogP contribution in [-0.4, -0.2) is 170 Å². The minimum atomic E-state index is -5.08. The van der Waals surface area contributed by atoms with Crippen LogP contribution >= 0.6 is 0 Å². The normalized spacial score (nSPS) is 15.1. The minimum Gasteiger partial charge on any atom is -0.508 e. The van der Waals surface area contributed by atoms with Crippen LogP contribution in [0.2, 0.25) is 0 Å². The second kappa shape index (κ2) is 33.4. The monoisotopic (exact) mass is 1160 g/mol. The zero-order chi connectivity index (χ0) is 62.0. The Morgan fingerprint density at radius 1 is 0.646 bits per heavy atom. The Morgan fingerprint density at radius 3 is 1.47 bits per heavy atom. The number of hydrogen-bond donors (Lipinski definition) is 14. The number of hydrogen-bond acceptors (Lipinski definition) is 13. The molecule has 0 spiro atoms. The van der Waals surface area contributed by atoms with Crippen LogP contribution in [0.3, 0.4) is 0 Å². The molecule has 5 amide bonds. The van der Waals surface area contributed by atoms with E-state index in [1.807, 2.05) is 13.8 Å². The van der Waals surface area contributed by atoms with Gasteiger partial charge in [-0.15, -0.1) is 0 Å². The summed E-state index contributed by atoms with van der Waals surface area (Å²) in [7, 11) is 0. The number of carbonyl (C=O) groups is 9. The third-order valence-corrected chi connectivity index (χ3v) is 10.2. The van der Waals surface area contributed by atoms with Crippen molar-refractivity contribution >= 4 is 65.3 Å². The molecule has 450 valence electrons. The van der Waals surface area contributed by atoms with E-state index >= 15 is 0 Å². The van der Waals surface area contributed by atoms with Gasteiger partial charge in [0.25, 0.3) is 0 Å². The van der Waals surface area contributed by atoms with Crippen LogP contribution < -0.4 is 49.9 Å². The summed E-state index contributed by atoms with van der Waals surface area (Å²) in [5.41, 5.74) is 27.4. The van der Waals surface area contributed by atoms with Gasteiger partial charge in [-0.2, -0.15) is 39.5 Å². The number of guanidine groups is 2. The number of carbonyl (C=O) groups excluding carboxylic acids is 5. The predicted octanol–water partition coefficient (Wildman–Crippen LogP) is 0.376. The van der Waals surface area contributed by atoms with Crippen LogP contribution in [0.25, 0.3) is 0 Å². The van der Waals surface area contributed by atoms with Crippen molar-refractivity contribution < 1.29 is 108 Å². The minimum absolute atomic E-state index is 0.0143. The number of phenolic OH excluding ortho intramolecular Hbond substituents is 1. The predicted molar refractivity (Wildman–Crippen MR) is 260 cm³/mol. The molecule has 0 bridgehead atoms. The van der Waals surface area contributed by atoms with Crippen LogP contribution in [-0.2, 0) is 49.6 Å². The van der Waals surface area contributed by atoms with Crippen LogP contribution in [0.5, 0.6) is 5.75 Å². The van der Waals surface area contributed by atoms with Gasteiger partial charge >= 0.3 is 42.4 Å². The quantitative estimate of drug-likeness (QED) is 0.0323. The van der Waals surface area contributed by atoms with E-state index in [0.717, 1.165) is 0 Å². The zero-order valence-electron chi connectivity index (χ0n) is 43.2. The van der Waals surface area contributed by atoms with Crippen molar-refractivity contribution in [2.75, 3.05) is 19.6 Å². The summed E-state index contributed by atoms with van der Waals surface area (Å²) in [6.45, 7) is 9.38. The number of amides is 5. The molecule has 6 atom stereocenters. The summed E-state index contributed by atoms with van der Waals surface area (Å²) in [5.74, 6) is -13.0. The Bertz CT molecular complexity index is 2200. The SMILES string of the molecule is CC(C)C[C@H](NC(=O)[C@@H](NC(=O)[C@H](Cc1ccc(O)cc1)NC(=O)[C@@H]1CCCN1C(=O)[C@H](CCCN=C(N)N)NC(=O)[C@@H](N)CCCN=C(N)N)C(C)(C)C)C(=O)O.O=C(O)C(F)(F)F.O=C(O)C(F)(F)F.O=C(O)C(F)(F)F. The summed E-state index contributed by atoms with van der Waals surface area (Å²) in [5, 5.41) is 51.8. The number of carboxylic acid groups (broad SMARTS) is 4. The van der Waals surface area contributed by atoms with Gasteiger partial charge in [0.05, 0.1) is 6.04 Å². The molecule has 26 nitrogen and oxygen atoms in total. The Kier molecular flexibility index (Phi) is 31.0. The highest BCUT2D eigenvalue weighted by Crippen LogP contribution is 2.23. The molecule has 1 aromatic carbocycles. The lowest BCUT2D eigenvalue weighted by Gasteiger charge is -2.33. The zero-order valence-corrected chi connectivity index (χ0v) is 43.2. The van der Waals surface area contributed by atoms with Crippen LogP contribution in [0.1, 0.15) is 85.1 Å². The Morgan fingerprint density at radius 2 is 1.08 bits per heavy atom. The second-order valence-corrected chi connectivity index (χ2v) is 18.4. The first-order valence-corrected chi connectivity index (χ1v) is 23.2. The highest BCUT2D eigenvalue weighted by atomic mass is 19.4. The number of likely N-dealkylation sites (tertiary alicyclic amines) is 1. The van der Waals surface area contributed by atoms with E-state index in [4.69, 9.17) is 58.4 Å². The number of nitrogens with one attached hydrogen (secondary N) is 4. The molecule has 1 saturated heterocycles. The van der Waals surface area contributed by atoms with Gasteiger partial charge in [-0.3, -0.25) is 34.0 Å². The standard InChI is InChI=1S/C38H64N12O8.3C2HF3O2/c1-21(2)19-27(35(57)58)48-33(55)29(38(3,4)5)49-31(53)26(20-22-12-14-23(51)15-13-22)47-32(54)28-11-8-18-50(28)34(56)25(10-7-17-45-37(42)43)46-30(52)24(39)9-6-16-44-36(40)41;3*3-2(4,5)1(6)7/h12-15,21,24-29,51H,6-11,16-20,39H2,1-5H3,(H,46,52)(H,47,54)(H,48,55)(H,49,53)(H,57,58)(H4,40,41,44)(H4,42,43,45);3*(H,6,7)/t24-,25-,26-,27-,28-,29+;;;/m0.../s1. The fraction of sp³-hybridized carbons (Fsp3) is 0.614. The molecule has 0 aromatic heterocycles. The van der Waals surface area contributed by atoms with Gasteiger partial charge in [-0.25, -0.2) is 19.2 Å². The molecule has 0 saturated carbocycles. The van der Waals surface area contributed by atoms with Crippen LogP contribution in [0.15, 0.2) is 34.3 Å². The molecule has 1 fully saturated rings. The van der Waals surface area contributed by atoms with Crippen molar-refractivity contribution in [2.45, 2.75) is 141 Å². The number of rotatable bonds is 22. The van der Waals surface area contributed by atoms with Crippen LogP contribution in [0.4, 0.5) is 39.5 Å². The topological polar surface area (TPSA) is 461 Å². The molecule has 0 aliphatic carbocycles. The van der Waals surface area contributed by atoms with Gasteiger partial charge in [0.2, 0.25) is 29.5 Å². The molecule has 1 aliphatic rings. The smallest absolute Gasteiger partial charge is 0.490 e. The Balaban J connectivity index is 0. The number of benzene rings is 1. The molecule has 1 aliphatic heterocycles. The maximum atomic E-state index is 14.1. The molecule has 1 heterocycles. The third-order valence-electron chi connectivity index (χ3n) is 10.2. The first-order valence-electron chi connectivity index (χ1n) is 23.2. The number of carboxylic acids is 4. The van der Waals surface area contributed by atoms with Crippen molar-refractivity contribution in [3.8, 4) is 5.75 Å². The number of aromatic hydroxyl groups is 1. The number of phenols is 1. The van der Waals surface area contributed by atoms with Gasteiger partial charge < -0.3 is 80.4 Å². The number of nitrogens with zero attached hydrogens (tertiary/aromatic N) is 3. The molecule has 0 radical (unpaired) electrons. The molecule has 0 unspecified atom stereocenters. The first-order chi connectivity index (χ1) is 35.9. The molecule has 35 heteroatoms. The summed E-state index contributed by atoms with van der Waals surface area (Å²) in [4.78, 5) is 117. The van der Waals surface area contributed by atoms with E-state index in [2.05, 4.69) is 31.3 Å². The van der Waals surface area contributed by atoms with E-state index in [0.29, 0.717) is 24.8 Å². The molecule has 2 rings (SSSR count). The molecule has 1 aromatic rings. The number of aliphatic imine (C=N–C) groups is 2. The van der Waals surface area contributed by atoms with Crippen molar-refractivity contribution in [2.24, 2.45) is 50.0 Å². The average molecular weight is 1160 g/mol. The second-order valence-electron chi connectivity index (χ2n) is 18.4. The lowest BCUT2D eigenvalue weighted by Crippen LogP contribution is -2.61. The number of alkyl halides is 9. The summed E-state index contributed by atoms with van der Waals surface area (Å²) in [6.07, 6.45) is -13.4. The van der Waals surface area contributed by atoms with E-state index in [-0.39, 0.29) is 75.3 Å². The highest BCUT2D eigenvalue weighted by Gasteiger charge is 2.42. The largest absolute Gasteiger partial charge is 0.508 e. The van der Waals surface area contributed by atoms with Crippen LogP contribution in [0, 0.1) is 11.3 Å². The van der Waals surface area contributed by atoms with Gasteiger partial charge in [-0.05, 0) is 74.0 Å². The molecular formula is C44H67F9N12O14. The fourth-order valence-corrected chi connectivity index (χ4v) is 6.40. The van der Waals surface area contributed by atoms with Gasteiger partial charge in [0.15, 0.2) is 11.9 Å². The fourth-order valence-electron chi connectivity index (χ4n) is 6.40. The van der Waals surface area contributed by atoms with Gasteiger partial charge in [0, 0.05) is 26.1 Å². The highest BCUT2D eigenvalue weighted by molar-refractivity contribution is 5.97. The maximum absolute atomic E-state index is 14.1.